The number of ether oxygens (including phenoxy) is 1. The van der Waals surface area contributed by atoms with E-state index in [-0.39, 0.29) is 0 Å². The summed E-state index contributed by atoms with van der Waals surface area (Å²) in [5.41, 5.74) is 2.13. The van der Waals surface area contributed by atoms with E-state index in [1.807, 2.05) is 0 Å². The third-order valence-electron chi connectivity index (χ3n) is 2.56. The van der Waals surface area contributed by atoms with Crippen LogP contribution in [0.25, 0.3) is 0 Å². The number of aliphatic hydroxyl groups is 1. The maximum atomic E-state index is 12.1. The van der Waals surface area contributed by atoms with Crippen LogP contribution in [0.15, 0.2) is 18.2 Å². The Morgan fingerprint density at radius 2 is 1.94 bits per heavy atom. The number of fused-ring (bicyclic) bond motifs is 1. The molecule has 1 aromatic rings. The molecule has 0 aromatic heterocycles. The molecule has 0 saturated carbocycles. The number of halogens is 3. The van der Waals surface area contributed by atoms with Crippen LogP contribution in [0, 0.1) is 0 Å². The molecule has 1 unspecified atom stereocenters. The first-order valence-electron chi connectivity index (χ1n) is 4.90. The average Bonchev–Trinajstić information content (AvgIpc) is 2.61. The van der Waals surface area contributed by atoms with Crippen LogP contribution in [0.4, 0.5) is 13.2 Å². The van der Waals surface area contributed by atoms with Gasteiger partial charge in [0.1, 0.15) is 0 Å². The Balaban J connectivity index is 2.15. The third kappa shape index (κ3) is 2.54. The summed E-state index contributed by atoms with van der Waals surface area (Å²) in [6, 6.07) is 4.81. The number of hydrogen-bond donors (Lipinski definition) is 1. The first-order chi connectivity index (χ1) is 7.46. The van der Waals surface area contributed by atoms with Gasteiger partial charge in [-0.25, -0.2) is 0 Å². The molecule has 88 valence electrons. The van der Waals surface area contributed by atoms with Gasteiger partial charge in [-0.1, -0.05) is 18.2 Å². The largest absolute Gasteiger partial charge is 0.391 e. The average molecular weight is 232 g/mol. The summed E-state index contributed by atoms with van der Waals surface area (Å²) in [5, 5.41) is 9.43. The van der Waals surface area contributed by atoms with Crippen molar-refractivity contribution in [1.82, 2.24) is 0 Å². The SMILES string of the molecule is OC(CC(F)(F)F)c1ccc2c(c1)COC2. The van der Waals surface area contributed by atoms with Crippen molar-refractivity contribution < 1.29 is 23.0 Å². The first-order valence-corrected chi connectivity index (χ1v) is 4.90. The van der Waals surface area contributed by atoms with Gasteiger partial charge in [0, 0.05) is 0 Å². The van der Waals surface area contributed by atoms with Gasteiger partial charge in [0.15, 0.2) is 0 Å². The fourth-order valence-electron chi connectivity index (χ4n) is 1.74. The Hall–Kier alpha value is -1.07. The molecule has 1 aliphatic heterocycles. The van der Waals surface area contributed by atoms with Crippen LogP contribution in [0.5, 0.6) is 0 Å². The Morgan fingerprint density at radius 1 is 1.25 bits per heavy atom. The molecule has 0 aliphatic carbocycles. The summed E-state index contributed by atoms with van der Waals surface area (Å²) >= 11 is 0. The second-order valence-electron chi connectivity index (χ2n) is 3.86. The topological polar surface area (TPSA) is 29.5 Å². The molecular formula is C11H11F3O2. The predicted molar refractivity (Wildman–Crippen MR) is 50.6 cm³/mol. The minimum absolute atomic E-state index is 0.293. The molecule has 1 aliphatic rings. The van der Waals surface area contributed by atoms with E-state index in [0.29, 0.717) is 18.8 Å². The van der Waals surface area contributed by atoms with Gasteiger partial charge in [0.25, 0.3) is 0 Å². The molecule has 1 N–H and O–H groups in total. The van der Waals surface area contributed by atoms with E-state index in [4.69, 9.17) is 4.74 Å². The summed E-state index contributed by atoms with van der Waals surface area (Å²) in [7, 11) is 0. The number of benzene rings is 1. The Morgan fingerprint density at radius 3 is 2.62 bits per heavy atom. The van der Waals surface area contributed by atoms with Crippen LogP contribution in [-0.2, 0) is 18.0 Å². The van der Waals surface area contributed by atoms with E-state index in [1.165, 1.54) is 6.07 Å². The second kappa shape index (κ2) is 4.07. The quantitative estimate of drug-likeness (QED) is 0.849. The van der Waals surface area contributed by atoms with Crippen molar-refractivity contribution in [1.29, 1.82) is 0 Å². The highest BCUT2D eigenvalue weighted by molar-refractivity contribution is 5.34. The number of rotatable bonds is 2. The summed E-state index contributed by atoms with van der Waals surface area (Å²) < 4.78 is 41.4. The van der Waals surface area contributed by atoms with E-state index >= 15 is 0 Å². The van der Waals surface area contributed by atoms with Crippen LogP contribution in [0.3, 0.4) is 0 Å². The Bertz CT molecular complexity index is 387. The predicted octanol–water partition coefficient (Wildman–Crippen LogP) is 2.70. The van der Waals surface area contributed by atoms with Crippen LogP contribution < -0.4 is 0 Å². The summed E-state index contributed by atoms with van der Waals surface area (Å²) in [5.74, 6) is 0. The van der Waals surface area contributed by atoms with Crippen molar-refractivity contribution in [3.8, 4) is 0 Å². The third-order valence-corrected chi connectivity index (χ3v) is 2.56. The lowest BCUT2D eigenvalue weighted by atomic mass is 10.0. The van der Waals surface area contributed by atoms with Gasteiger partial charge in [-0.2, -0.15) is 13.2 Å². The maximum Gasteiger partial charge on any atom is 0.391 e. The zero-order chi connectivity index (χ0) is 11.8. The van der Waals surface area contributed by atoms with Crippen LogP contribution in [-0.4, -0.2) is 11.3 Å². The highest BCUT2D eigenvalue weighted by Crippen LogP contribution is 2.31. The number of aliphatic hydroxyl groups excluding tert-OH is 1. The van der Waals surface area contributed by atoms with Crippen LogP contribution in [0.1, 0.15) is 29.2 Å². The molecule has 0 saturated heterocycles. The fourth-order valence-corrected chi connectivity index (χ4v) is 1.74. The minimum Gasteiger partial charge on any atom is -0.388 e. The molecule has 16 heavy (non-hydrogen) atoms. The maximum absolute atomic E-state index is 12.1. The molecule has 1 atom stereocenters. The van der Waals surface area contributed by atoms with Gasteiger partial charge < -0.3 is 9.84 Å². The molecule has 0 fully saturated rings. The van der Waals surface area contributed by atoms with Gasteiger partial charge in [-0.05, 0) is 16.7 Å². The molecule has 2 nitrogen and oxygen atoms in total. The lowest BCUT2D eigenvalue weighted by Crippen LogP contribution is -2.13. The molecule has 0 bridgehead atoms. The van der Waals surface area contributed by atoms with Crippen molar-refractivity contribution in [3.05, 3.63) is 34.9 Å². The molecule has 1 heterocycles. The number of alkyl halides is 3. The van der Waals surface area contributed by atoms with Gasteiger partial charge in [0.2, 0.25) is 0 Å². The highest BCUT2D eigenvalue weighted by atomic mass is 19.4. The Labute approximate surface area is 90.7 Å². The van der Waals surface area contributed by atoms with Crippen molar-refractivity contribution in [2.24, 2.45) is 0 Å². The summed E-state index contributed by atoms with van der Waals surface area (Å²) in [6.07, 6.45) is -7.06. The van der Waals surface area contributed by atoms with Gasteiger partial charge in [-0.15, -0.1) is 0 Å². The van der Waals surface area contributed by atoms with Gasteiger partial charge in [-0.3, -0.25) is 0 Å². The van der Waals surface area contributed by atoms with Crippen molar-refractivity contribution >= 4 is 0 Å². The van der Waals surface area contributed by atoms with Crippen LogP contribution >= 0.6 is 0 Å². The zero-order valence-electron chi connectivity index (χ0n) is 8.42. The normalized spacial score (nSPS) is 17.2. The molecule has 1 aromatic carbocycles. The summed E-state index contributed by atoms with van der Waals surface area (Å²) in [4.78, 5) is 0. The zero-order valence-corrected chi connectivity index (χ0v) is 8.42. The van der Waals surface area contributed by atoms with Gasteiger partial charge in [0.05, 0.1) is 25.7 Å². The van der Waals surface area contributed by atoms with E-state index in [0.717, 1.165) is 11.1 Å². The molecule has 0 spiro atoms. The van der Waals surface area contributed by atoms with E-state index in [9.17, 15) is 18.3 Å². The smallest absolute Gasteiger partial charge is 0.388 e. The Kier molecular flexibility index (Phi) is 2.90. The molecule has 5 heteroatoms. The first kappa shape index (κ1) is 11.4. The fraction of sp³-hybridized carbons (Fsp3) is 0.455. The minimum atomic E-state index is -4.35. The summed E-state index contributed by atoms with van der Waals surface area (Å²) in [6.45, 7) is 0.896. The highest BCUT2D eigenvalue weighted by Gasteiger charge is 2.32. The van der Waals surface area contributed by atoms with E-state index < -0.39 is 18.7 Å². The lowest BCUT2D eigenvalue weighted by molar-refractivity contribution is -0.154. The number of hydrogen-bond acceptors (Lipinski definition) is 2. The van der Waals surface area contributed by atoms with E-state index in [2.05, 4.69) is 0 Å². The standard InChI is InChI=1S/C11H11F3O2/c12-11(13,14)4-10(15)7-1-2-8-5-16-6-9(8)3-7/h1-3,10,15H,4-6H2. The van der Waals surface area contributed by atoms with Crippen molar-refractivity contribution in [2.45, 2.75) is 31.9 Å². The van der Waals surface area contributed by atoms with Crippen LogP contribution in [0.2, 0.25) is 0 Å². The molecule has 2 rings (SSSR count). The molecule has 0 amide bonds. The van der Waals surface area contributed by atoms with Crippen molar-refractivity contribution in [3.63, 3.8) is 0 Å². The second-order valence-corrected chi connectivity index (χ2v) is 3.86. The van der Waals surface area contributed by atoms with Crippen molar-refractivity contribution in [2.75, 3.05) is 0 Å². The van der Waals surface area contributed by atoms with Gasteiger partial charge >= 0.3 is 6.18 Å². The monoisotopic (exact) mass is 232 g/mol. The molecule has 0 radical (unpaired) electrons. The lowest BCUT2D eigenvalue weighted by Gasteiger charge is -2.14. The molecular weight excluding hydrogens is 221 g/mol. The van der Waals surface area contributed by atoms with E-state index in [1.54, 1.807) is 12.1 Å².